The Labute approximate surface area is 284 Å². The van der Waals surface area contributed by atoms with Crippen molar-refractivity contribution in [2.75, 3.05) is 17.2 Å². The van der Waals surface area contributed by atoms with Crippen molar-refractivity contribution in [3.8, 4) is 0 Å². The van der Waals surface area contributed by atoms with Gasteiger partial charge in [-0.3, -0.25) is 19.2 Å². The summed E-state index contributed by atoms with van der Waals surface area (Å²) in [5.41, 5.74) is 1.80. The molecule has 13 heteroatoms. The van der Waals surface area contributed by atoms with Gasteiger partial charge in [0.1, 0.15) is 5.70 Å². The molecule has 0 bridgehead atoms. The molecular weight excluding hydrogens is 667 g/mol. The van der Waals surface area contributed by atoms with Crippen LogP contribution in [0.2, 0.25) is 10.0 Å². The number of thioether (sulfide) groups is 1. The molecule has 4 aromatic rings. The highest BCUT2D eigenvalue weighted by atomic mass is 35.5. The van der Waals surface area contributed by atoms with Crippen LogP contribution >= 0.6 is 46.3 Å². The maximum absolute atomic E-state index is 13.5. The van der Waals surface area contributed by atoms with Gasteiger partial charge < -0.3 is 20.7 Å². The predicted octanol–water partition coefficient (Wildman–Crippen LogP) is 7.47. The van der Waals surface area contributed by atoms with E-state index >= 15 is 0 Å². The first kappa shape index (κ1) is 34.7. The van der Waals surface area contributed by atoms with Crippen molar-refractivity contribution in [1.29, 1.82) is 0 Å². The number of anilines is 2. The Morgan fingerprint density at radius 3 is 2.48 bits per heavy atom. The number of halogens is 2. The molecule has 46 heavy (non-hydrogen) atoms. The Hall–Kier alpha value is -4.16. The fourth-order valence-electron chi connectivity index (χ4n) is 4.04. The molecule has 9 nitrogen and oxygen atoms in total. The lowest BCUT2D eigenvalue weighted by atomic mass is 10.1. The highest BCUT2D eigenvalue weighted by Gasteiger charge is 2.21. The Balaban J connectivity index is 1.46. The molecule has 238 valence electrons. The quantitative estimate of drug-likeness (QED) is 0.0752. The van der Waals surface area contributed by atoms with Crippen molar-refractivity contribution in [3.63, 3.8) is 0 Å². The number of benzene rings is 3. The maximum atomic E-state index is 13.5. The average Bonchev–Trinajstić information content (AvgIpc) is 3.47. The summed E-state index contributed by atoms with van der Waals surface area (Å²) < 4.78 is 4.95. The van der Waals surface area contributed by atoms with Crippen LogP contribution in [-0.4, -0.2) is 40.5 Å². The molecule has 0 fully saturated rings. The largest absolute Gasteiger partial charge is 0.466 e. The van der Waals surface area contributed by atoms with Crippen molar-refractivity contribution in [3.05, 3.63) is 111 Å². The number of nitrogens with zero attached hydrogens (tertiary/aromatic N) is 1. The minimum Gasteiger partial charge on any atom is -0.466 e. The number of thiazole rings is 1. The first-order chi connectivity index (χ1) is 22.1. The van der Waals surface area contributed by atoms with Crippen LogP contribution in [0, 0.1) is 0 Å². The smallest absolute Gasteiger partial charge is 0.311 e. The molecule has 0 aliphatic carbocycles. The van der Waals surface area contributed by atoms with Gasteiger partial charge in [-0.15, -0.1) is 23.1 Å². The minimum absolute atomic E-state index is 0.0320. The fourth-order valence-corrected chi connectivity index (χ4v) is 6.23. The van der Waals surface area contributed by atoms with Gasteiger partial charge in [-0.25, -0.2) is 4.98 Å². The summed E-state index contributed by atoms with van der Waals surface area (Å²) in [6, 6.07) is 20.4. The van der Waals surface area contributed by atoms with Gasteiger partial charge in [0, 0.05) is 31.6 Å². The third-order valence-corrected chi connectivity index (χ3v) is 8.96. The molecule has 0 saturated carbocycles. The number of aromatic nitrogens is 1. The van der Waals surface area contributed by atoms with E-state index in [1.807, 2.05) is 13.0 Å². The molecule has 3 aromatic carbocycles. The van der Waals surface area contributed by atoms with Gasteiger partial charge >= 0.3 is 5.97 Å². The lowest BCUT2D eigenvalue weighted by molar-refractivity contribution is -0.142. The van der Waals surface area contributed by atoms with Crippen LogP contribution in [0.15, 0.2) is 88.8 Å². The SMILES string of the molecule is CCOC(=O)Cc1csc(NC(=O)C(CC)Sc2cccc(NC(=O)/C(=C\c3ccc(Cl)cc3Cl)NC(=O)c3ccccc3)c2)n1. The van der Waals surface area contributed by atoms with E-state index < -0.39 is 17.1 Å². The first-order valence-electron chi connectivity index (χ1n) is 14.2. The fraction of sp³-hybridized carbons (Fsp3) is 0.182. The van der Waals surface area contributed by atoms with Gasteiger partial charge in [0.15, 0.2) is 5.13 Å². The first-order valence-corrected chi connectivity index (χ1v) is 16.7. The number of ether oxygens (including phenoxy) is 1. The Kier molecular flexibility index (Phi) is 12.8. The topological polar surface area (TPSA) is 126 Å². The zero-order chi connectivity index (χ0) is 33.1. The molecule has 1 heterocycles. The van der Waals surface area contributed by atoms with E-state index in [0.29, 0.717) is 44.1 Å². The summed E-state index contributed by atoms with van der Waals surface area (Å²) in [6.45, 7) is 3.91. The summed E-state index contributed by atoms with van der Waals surface area (Å²) in [7, 11) is 0. The molecule has 0 aliphatic heterocycles. The van der Waals surface area contributed by atoms with Crippen LogP contribution in [0.3, 0.4) is 0 Å². The summed E-state index contributed by atoms with van der Waals surface area (Å²) in [4.78, 5) is 56.3. The summed E-state index contributed by atoms with van der Waals surface area (Å²) in [5, 5.41) is 10.7. The lowest BCUT2D eigenvalue weighted by Crippen LogP contribution is -2.30. The minimum atomic E-state index is -0.579. The monoisotopic (exact) mass is 696 g/mol. The van der Waals surface area contributed by atoms with E-state index in [0.717, 1.165) is 4.90 Å². The third kappa shape index (κ3) is 10.2. The number of nitrogens with one attached hydrogen (secondary N) is 3. The van der Waals surface area contributed by atoms with Gasteiger partial charge in [-0.2, -0.15) is 0 Å². The van der Waals surface area contributed by atoms with Crippen LogP contribution < -0.4 is 16.0 Å². The van der Waals surface area contributed by atoms with Crippen LogP contribution in [0.4, 0.5) is 10.8 Å². The highest BCUT2D eigenvalue weighted by Crippen LogP contribution is 2.29. The molecule has 1 unspecified atom stereocenters. The molecule has 3 N–H and O–H groups in total. The number of rotatable bonds is 13. The Morgan fingerprint density at radius 2 is 1.76 bits per heavy atom. The van der Waals surface area contributed by atoms with E-state index in [9.17, 15) is 19.2 Å². The zero-order valence-corrected chi connectivity index (χ0v) is 28.0. The highest BCUT2D eigenvalue weighted by molar-refractivity contribution is 8.00. The molecule has 0 aliphatic rings. The van der Waals surface area contributed by atoms with Gasteiger partial charge in [-0.1, -0.05) is 60.5 Å². The molecule has 0 radical (unpaired) electrons. The van der Waals surface area contributed by atoms with Gasteiger partial charge in [-0.05, 0) is 67.4 Å². The van der Waals surface area contributed by atoms with Crippen LogP contribution in [0.1, 0.15) is 41.9 Å². The second-order valence-electron chi connectivity index (χ2n) is 9.66. The normalized spacial score (nSPS) is 11.8. The van der Waals surface area contributed by atoms with Crippen molar-refractivity contribution in [2.24, 2.45) is 0 Å². The van der Waals surface area contributed by atoms with Crippen LogP contribution in [0.5, 0.6) is 0 Å². The van der Waals surface area contributed by atoms with E-state index in [4.69, 9.17) is 27.9 Å². The predicted molar refractivity (Wildman–Crippen MR) is 184 cm³/mol. The van der Waals surface area contributed by atoms with E-state index in [1.165, 1.54) is 29.2 Å². The molecule has 3 amide bonds. The number of hydrogen-bond donors (Lipinski definition) is 3. The maximum Gasteiger partial charge on any atom is 0.311 e. The lowest BCUT2D eigenvalue weighted by Gasteiger charge is -2.15. The summed E-state index contributed by atoms with van der Waals surface area (Å²) in [5.74, 6) is -1.67. The average molecular weight is 698 g/mol. The van der Waals surface area contributed by atoms with E-state index in [2.05, 4.69) is 20.9 Å². The number of hydrogen-bond acceptors (Lipinski definition) is 8. The van der Waals surface area contributed by atoms with Gasteiger partial charge in [0.2, 0.25) is 5.91 Å². The van der Waals surface area contributed by atoms with Gasteiger partial charge in [0.05, 0.1) is 24.0 Å². The number of carbonyl (C=O) groups is 4. The van der Waals surface area contributed by atoms with Gasteiger partial charge in [0.25, 0.3) is 11.8 Å². The molecule has 0 saturated heterocycles. The molecule has 1 aromatic heterocycles. The van der Waals surface area contributed by atoms with Crippen molar-refractivity contribution in [1.82, 2.24) is 10.3 Å². The van der Waals surface area contributed by atoms with E-state index in [-0.39, 0.29) is 30.6 Å². The van der Waals surface area contributed by atoms with E-state index in [1.54, 1.807) is 79.0 Å². The molecular formula is C33H30Cl2N4O5S2. The molecule has 1 atom stereocenters. The number of esters is 1. The van der Waals surface area contributed by atoms with Crippen molar-refractivity contribution >= 4 is 86.9 Å². The van der Waals surface area contributed by atoms with Crippen LogP contribution in [-0.2, 0) is 25.5 Å². The zero-order valence-electron chi connectivity index (χ0n) is 24.8. The second-order valence-corrected chi connectivity index (χ2v) is 12.6. The van der Waals surface area contributed by atoms with Crippen molar-refractivity contribution < 1.29 is 23.9 Å². The van der Waals surface area contributed by atoms with Crippen molar-refractivity contribution in [2.45, 2.75) is 36.8 Å². The Morgan fingerprint density at radius 1 is 0.978 bits per heavy atom. The Bertz CT molecular complexity index is 1750. The molecule has 0 spiro atoms. The number of amides is 3. The number of carbonyl (C=O) groups excluding carboxylic acids is 4. The summed E-state index contributed by atoms with van der Waals surface area (Å²) >= 11 is 15.0. The molecule has 4 rings (SSSR count). The standard InChI is InChI=1S/C33H30Cl2N4O5S2/c1-3-28(32(43)39-33-37-24(19-45-33)18-29(40)44-4-2)46-25-12-8-11-23(17-25)36-31(42)27(15-21-13-14-22(34)16-26(21)35)38-30(41)20-9-6-5-7-10-20/h5-17,19,28H,3-4,18H2,1-2H3,(H,36,42)(H,38,41)(H,37,39,43)/b27-15+. The second kappa shape index (κ2) is 17.0. The summed E-state index contributed by atoms with van der Waals surface area (Å²) in [6.07, 6.45) is 2.03. The third-order valence-electron chi connectivity index (χ3n) is 6.24. The van der Waals surface area contributed by atoms with Crippen LogP contribution in [0.25, 0.3) is 6.08 Å².